The van der Waals surface area contributed by atoms with Gasteiger partial charge in [-0.1, -0.05) is 6.92 Å². The predicted molar refractivity (Wildman–Crippen MR) is 34.3 cm³/mol. The Hall–Kier alpha value is -0.0800. The van der Waals surface area contributed by atoms with E-state index in [1.54, 1.807) is 0 Å². The number of aliphatic hydroxyl groups is 1. The zero-order valence-electron chi connectivity index (χ0n) is 5.63. The van der Waals surface area contributed by atoms with Gasteiger partial charge < -0.3 is 9.84 Å². The van der Waals surface area contributed by atoms with Gasteiger partial charge in [0.2, 0.25) is 0 Å². The van der Waals surface area contributed by atoms with E-state index >= 15 is 0 Å². The van der Waals surface area contributed by atoms with Crippen LogP contribution in [0.5, 0.6) is 0 Å². The van der Waals surface area contributed by atoms with Crippen molar-refractivity contribution in [3.63, 3.8) is 0 Å². The standard InChI is InChI=1S/C7H12O2/c1-5-4-9-7(5)3-6(2)8/h5-6,8H,2-4H2,1H3. The van der Waals surface area contributed by atoms with Crippen LogP contribution in [0.3, 0.4) is 0 Å². The van der Waals surface area contributed by atoms with Crippen LogP contribution in [0.15, 0.2) is 0 Å². The van der Waals surface area contributed by atoms with Crippen molar-refractivity contribution >= 4 is 0 Å². The molecule has 2 nitrogen and oxygen atoms in total. The maximum atomic E-state index is 8.79. The summed E-state index contributed by atoms with van der Waals surface area (Å²) in [6, 6.07) is 0. The van der Waals surface area contributed by atoms with Crippen molar-refractivity contribution < 1.29 is 9.84 Å². The molecule has 1 saturated heterocycles. The molecule has 2 unspecified atom stereocenters. The van der Waals surface area contributed by atoms with E-state index in [0.29, 0.717) is 12.3 Å². The third-order valence-corrected chi connectivity index (χ3v) is 1.51. The zero-order valence-corrected chi connectivity index (χ0v) is 5.63. The third kappa shape index (κ3) is 1.66. The van der Waals surface area contributed by atoms with Crippen LogP contribution >= 0.6 is 0 Å². The first kappa shape index (κ1) is 7.03. The molecule has 1 aliphatic heterocycles. The van der Waals surface area contributed by atoms with Crippen molar-refractivity contribution in [3.8, 4) is 0 Å². The maximum Gasteiger partial charge on any atom is 0.105 e. The maximum absolute atomic E-state index is 8.79. The molecule has 2 atom stereocenters. The van der Waals surface area contributed by atoms with Crippen LogP contribution in [0.2, 0.25) is 0 Å². The second-order valence-corrected chi connectivity index (χ2v) is 2.54. The van der Waals surface area contributed by atoms with Crippen molar-refractivity contribution in [1.82, 2.24) is 0 Å². The summed E-state index contributed by atoms with van der Waals surface area (Å²) in [5.41, 5.74) is 0. The van der Waals surface area contributed by atoms with Crippen LogP contribution in [0, 0.1) is 18.9 Å². The Kier molecular flexibility index (Phi) is 2.09. The van der Waals surface area contributed by atoms with E-state index in [4.69, 9.17) is 9.84 Å². The van der Waals surface area contributed by atoms with Gasteiger partial charge in [0, 0.05) is 12.3 Å². The Balaban J connectivity index is 2.13. The molecule has 0 amide bonds. The minimum absolute atomic E-state index is 0.497. The highest BCUT2D eigenvalue weighted by atomic mass is 16.5. The second-order valence-electron chi connectivity index (χ2n) is 2.54. The van der Waals surface area contributed by atoms with Crippen molar-refractivity contribution in [1.29, 1.82) is 0 Å². The second kappa shape index (κ2) is 2.67. The van der Waals surface area contributed by atoms with Crippen LogP contribution in [-0.2, 0) is 4.74 Å². The number of ether oxygens (including phenoxy) is 1. The lowest BCUT2D eigenvalue weighted by Gasteiger charge is -2.33. The first-order valence-corrected chi connectivity index (χ1v) is 3.20. The zero-order chi connectivity index (χ0) is 6.85. The van der Waals surface area contributed by atoms with Crippen LogP contribution in [0.1, 0.15) is 13.3 Å². The topological polar surface area (TPSA) is 29.5 Å². The minimum Gasteiger partial charge on any atom is -0.393 e. The fourth-order valence-electron chi connectivity index (χ4n) is 0.860. The van der Waals surface area contributed by atoms with Gasteiger partial charge in [-0.15, -0.1) is 0 Å². The molecule has 2 heteroatoms. The Morgan fingerprint density at radius 2 is 2.67 bits per heavy atom. The number of hydrogen-bond donors (Lipinski definition) is 1. The van der Waals surface area contributed by atoms with Gasteiger partial charge in [-0.05, 0) is 6.92 Å². The summed E-state index contributed by atoms with van der Waals surface area (Å²) in [6.45, 7) is 6.34. The molecule has 0 aromatic heterocycles. The van der Waals surface area contributed by atoms with Crippen LogP contribution < -0.4 is 0 Å². The molecule has 0 aliphatic carbocycles. The molecule has 0 aromatic carbocycles. The summed E-state index contributed by atoms with van der Waals surface area (Å²) in [4.78, 5) is 0. The minimum atomic E-state index is -0.497. The highest BCUT2D eigenvalue weighted by molar-refractivity contribution is 4.94. The van der Waals surface area contributed by atoms with Crippen molar-refractivity contribution in [2.24, 2.45) is 5.92 Å². The van der Waals surface area contributed by atoms with Gasteiger partial charge in [-0.3, -0.25) is 0 Å². The highest BCUT2D eigenvalue weighted by Crippen LogP contribution is 2.30. The Labute approximate surface area is 55.8 Å². The Bertz CT molecular complexity index is 90.9. The van der Waals surface area contributed by atoms with Gasteiger partial charge >= 0.3 is 0 Å². The molecular formula is C7H12O2. The van der Waals surface area contributed by atoms with Crippen molar-refractivity contribution in [2.45, 2.75) is 19.4 Å². The summed E-state index contributed by atoms with van der Waals surface area (Å²) in [7, 11) is 0. The average molecular weight is 128 g/mol. The first-order chi connectivity index (χ1) is 4.20. The van der Waals surface area contributed by atoms with Crippen molar-refractivity contribution in [2.75, 3.05) is 6.61 Å². The molecule has 0 bridgehead atoms. The van der Waals surface area contributed by atoms with Gasteiger partial charge in [0.25, 0.3) is 0 Å². The summed E-state index contributed by atoms with van der Waals surface area (Å²) < 4.78 is 5.07. The molecule has 1 aliphatic rings. The van der Waals surface area contributed by atoms with Crippen LogP contribution in [-0.4, -0.2) is 17.8 Å². The molecule has 0 aromatic rings. The molecule has 2 radical (unpaired) electrons. The molecule has 1 rings (SSSR count). The lowest BCUT2D eigenvalue weighted by atomic mass is 9.95. The normalized spacial score (nSPS) is 31.7. The van der Waals surface area contributed by atoms with E-state index in [9.17, 15) is 0 Å². The van der Waals surface area contributed by atoms with Crippen LogP contribution in [0.4, 0.5) is 0 Å². The van der Waals surface area contributed by atoms with Gasteiger partial charge in [0.1, 0.15) is 6.10 Å². The summed E-state index contributed by atoms with van der Waals surface area (Å²) in [6.07, 6.45) is 1.10. The molecule has 9 heavy (non-hydrogen) atoms. The smallest absolute Gasteiger partial charge is 0.105 e. The van der Waals surface area contributed by atoms with E-state index in [1.165, 1.54) is 0 Å². The SMILES string of the molecule is [CH2]C(O)C[C]1OCC1C. The molecule has 0 spiro atoms. The number of hydrogen-bond acceptors (Lipinski definition) is 2. The van der Waals surface area contributed by atoms with Crippen LogP contribution in [0.25, 0.3) is 0 Å². The molecule has 52 valence electrons. The van der Waals surface area contributed by atoms with E-state index in [0.717, 1.165) is 12.7 Å². The fourth-order valence-corrected chi connectivity index (χ4v) is 0.860. The predicted octanol–water partition coefficient (Wildman–Crippen LogP) is 0.770. The lowest BCUT2D eigenvalue weighted by Crippen LogP contribution is -2.32. The molecule has 1 fully saturated rings. The lowest BCUT2D eigenvalue weighted by molar-refractivity contribution is -0.0340. The summed E-state index contributed by atoms with van der Waals surface area (Å²) in [5, 5.41) is 8.79. The molecule has 1 heterocycles. The summed E-state index contributed by atoms with van der Waals surface area (Å²) in [5.74, 6) is 0.529. The Morgan fingerprint density at radius 3 is 2.78 bits per heavy atom. The number of aliphatic hydroxyl groups excluding tert-OH is 1. The van der Waals surface area contributed by atoms with Gasteiger partial charge in [0.05, 0.1) is 12.7 Å². The first-order valence-electron chi connectivity index (χ1n) is 3.20. The molecule has 0 saturated carbocycles. The highest BCUT2D eigenvalue weighted by Gasteiger charge is 2.29. The van der Waals surface area contributed by atoms with Gasteiger partial charge in [-0.25, -0.2) is 0 Å². The quantitative estimate of drug-likeness (QED) is 0.595. The fraction of sp³-hybridized carbons (Fsp3) is 0.714. The monoisotopic (exact) mass is 128 g/mol. The summed E-state index contributed by atoms with van der Waals surface area (Å²) >= 11 is 0. The number of rotatable bonds is 2. The van der Waals surface area contributed by atoms with E-state index in [-0.39, 0.29) is 0 Å². The Morgan fingerprint density at radius 1 is 2.00 bits per heavy atom. The van der Waals surface area contributed by atoms with Crippen molar-refractivity contribution in [3.05, 3.63) is 13.0 Å². The average Bonchev–Trinajstić information content (AvgIpc) is 1.79. The molecular weight excluding hydrogens is 116 g/mol. The van der Waals surface area contributed by atoms with E-state index < -0.39 is 6.10 Å². The third-order valence-electron chi connectivity index (χ3n) is 1.51. The van der Waals surface area contributed by atoms with E-state index in [2.05, 4.69) is 13.8 Å². The van der Waals surface area contributed by atoms with Gasteiger partial charge in [-0.2, -0.15) is 0 Å². The van der Waals surface area contributed by atoms with E-state index in [1.807, 2.05) is 0 Å². The largest absolute Gasteiger partial charge is 0.393 e. The van der Waals surface area contributed by atoms with Gasteiger partial charge in [0.15, 0.2) is 0 Å². The molecule has 1 N–H and O–H groups in total.